The van der Waals surface area contributed by atoms with Gasteiger partial charge in [0.15, 0.2) is 5.78 Å². The number of ether oxygens (including phenoxy) is 2. The Morgan fingerprint density at radius 2 is 1.85 bits per heavy atom. The second-order valence-electron chi connectivity index (χ2n) is 7.78. The summed E-state index contributed by atoms with van der Waals surface area (Å²) in [5.41, 5.74) is 1.18. The third-order valence-corrected chi connectivity index (χ3v) is 6.98. The van der Waals surface area contributed by atoms with Gasteiger partial charge in [-0.15, -0.1) is 0 Å². The first-order chi connectivity index (χ1) is 15.7. The van der Waals surface area contributed by atoms with Crippen molar-refractivity contribution in [3.8, 4) is 0 Å². The summed E-state index contributed by atoms with van der Waals surface area (Å²) in [6.45, 7) is 3.54. The zero-order chi connectivity index (χ0) is 23.6. The normalized spacial score (nSPS) is 19.0. The lowest BCUT2D eigenvalue weighted by Gasteiger charge is -2.29. The van der Waals surface area contributed by atoms with E-state index in [4.69, 9.17) is 9.47 Å². The van der Waals surface area contributed by atoms with Crippen LogP contribution in [0.1, 0.15) is 17.3 Å². The number of carbonyl (C=O) groups excluding carboxylic acids is 2. The van der Waals surface area contributed by atoms with Crippen molar-refractivity contribution in [2.75, 3.05) is 49.2 Å². The molecule has 2 aromatic carbocycles. The van der Waals surface area contributed by atoms with E-state index in [2.05, 4.69) is 4.72 Å². The number of halogens is 1. The van der Waals surface area contributed by atoms with Crippen LogP contribution in [-0.4, -0.2) is 65.8 Å². The van der Waals surface area contributed by atoms with Gasteiger partial charge in [0.1, 0.15) is 11.9 Å². The van der Waals surface area contributed by atoms with E-state index in [9.17, 15) is 22.4 Å². The molecule has 0 saturated carbocycles. The molecule has 11 heteroatoms. The number of nitrogens with zero attached hydrogens (tertiary/aromatic N) is 2. The van der Waals surface area contributed by atoms with E-state index < -0.39 is 28.0 Å². The summed E-state index contributed by atoms with van der Waals surface area (Å²) in [5.74, 6) is -0.625. The highest BCUT2D eigenvalue weighted by molar-refractivity contribution is 7.89. The molecular weight excluding hydrogens is 453 g/mol. The number of ketones is 1. The van der Waals surface area contributed by atoms with Crippen LogP contribution in [0.25, 0.3) is 0 Å². The first-order valence-corrected chi connectivity index (χ1v) is 11.9. The summed E-state index contributed by atoms with van der Waals surface area (Å²) in [4.78, 5) is 26.8. The fourth-order valence-electron chi connectivity index (χ4n) is 3.72. The number of sulfonamides is 1. The van der Waals surface area contributed by atoms with Crippen LogP contribution < -0.4 is 14.5 Å². The van der Waals surface area contributed by atoms with E-state index in [1.807, 2.05) is 4.90 Å². The second-order valence-corrected chi connectivity index (χ2v) is 9.55. The van der Waals surface area contributed by atoms with Crippen molar-refractivity contribution in [1.29, 1.82) is 0 Å². The van der Waals surface area contributed by atoms with E-state index in [1.165, 1.54) is 42.2 Å². The Bertz CT molecular complexity index is 1150. The minimum Gasteiger partial charge on any atom is -0.443 e. The highest BCUT2D eigenvalue weighted by atomic mass is 32.2. The van der Waals surface area contributed by atoms with E-state index in [0.29, 0.717) is 43.2 Å². The van der Waals surface area contributed by atoms with E-state index in [0.717, 1.165) is 0 Å². The van der Waals surface area contributed by atoms with Crippen molar-refractivity contribution in [1.82, 2.24) is 4.72 Å². The van der Waals surface area contributed by atoms with E-state index >= 15 is 0 Å². The average Bonchev–Trinajstić information content (AvgIpc) is 3.19. The molecule has 9 nitrogen and oxygen atoms in total. The molecule has 1 atom stereocenters. The maximum absolute atomic E-state index is 14.7. The predicted octanol–water partition coefficient (Wildman–Crippen LogP) is 2.17. The molecule has 2 saturated heterocycles. The Morgan fingerprint density at radius 3 is 2.48 bits per heavy atom. The minimum atomic E-state index is -3.86. The lowest BCUT2D eigenvalue weighted by molar-refractivity contribution is 0.101. The van der Waals surface area contributed by atoms with Crippen molar-refractivity contribution in [2.45, 2.75) is 17.9 Å². The molecule has 0 radical (unpaired) electrons. The fraction of sp³-hybridized carbons (Fsp3) is 0.364. The molecule has 2 aliphatic heterocycles. The van der Waals surface area contributed by atoms with Crippen molar-refractivity contribution >= 4 is 33.3 Å². The molecule has 0 spiro atoms. The topological polar surface area (TPSA) is 105 Å². The van der Waals surface area contributed by atoms with Gasteiger partial charge in [-0.25, -0.2) is 22.3 Å². The largest absolute Gasteiger partial charge is 0.443 e. The van der Waals surface area contributed by atoms with Crippen molar-refractivity contribution < 1.29 is 31.9 Å². The number of cyclic esters (lactones) is 1. The van der Waals surface area contributed by atoms with E-state index in [1.54, 1.807) is 12.1 Å². The average molecular weight is 478 g/mol. The zero-order valence-electron chi connectivity index (χ0n) is 18.0. The second kappa shape index (κ2) is 9.46. The molecular formula is C22H24FN3O6S. The number of Topliss-reactive ketones (excluding diaryl/α,β-unsaturated/α-hetero) is 1. The first kappa shape index (κ1) is 23.1. The van der Waals surface area contributed by atoms with E-state index in [-0.39, 0.29) is 23.8 Å². The first-order valence-electron chi connectivity index (χ1n) is 10.5. The zero-order valence-corrected chi connectivity index (χ0v) is 18.8. The molecule has 2 aliphatic rings. The fourth-order valence-corrected chi connectivity index (χ4v) is 4.78. The number of nitrogens with one attached hydrogen (secondary N) is 1. The van der Waals surface area contributed by atoms with Gasteiger partial charge in [-0.3, -0.25) is 9.69 Å². The molecule has 0 aromatic heterocycles. The minimum absolute atomic E-state index is 0.00514. The van der Waals surface area contributed by atoms with Crippen molar-refractivity contribution in [3.05, 3.63) is 53.8 Å². The molecule has 2 aromatic rings. The monoisotopic (exact) mass is 477 g/mol. The predicted molar refractivity (Wildman–Crippen MR) is 119 cm³/mol. The number of hydrogen-bond acceptors (Lipinski definition) is 7. The lowest BCUT2D eigenvalue weighted by atomic mass is 10.2. The molecule has 176 valence electrons. The van der Waals surface area contributed by atoms with Crippen LogP contribution in [0, 0.1) is 5.82 Å². The lowest BCUT2D eigenvalue weighted by Crippen LogP contribution is -2.37. The van der Waals surface area contributed by atoms with Crippen LogP contribution in [0.4, 0.5) is 20.6 Å². The molecule has 2 fully saturated rings. The Morgan fingerprint density at radius 1 is 1.15 bits per heavy atom. The maximum atomic E-state index is 14.7. The summed E-state index contributed by atoms with van der Waals surface area (Å²) in [6, 6.07) is 10.1. The number of benzene rings is 2. The van der Waals surface area contributed by atoms with Gasteiger partial charge in [0.2, 0.25) is 10.0 Å². The third kappa shape index (κ3) is 5.15. The van der Waals surface area contributed by atoms with Crippen LogP contribution in [0.2, 0.25) is 0 Å². The summed E-state index contributed by atoms with van der Waals surface area (Å²) in [6.07, 6.45) is -1.42. The molecule has 4 rings (SSSR count). The van der Waals surface area contributed by atoms with Crippen LogP contribution in [0.3, 0.4) is 0 Å². The standard InChI is InChI=1S/C22H24FN3O6S/c1-15(27)16-2-5-19(6-3-16)33(29,30)24-13-18-14-26(22(28)32-18)17-4-7-21(20(23)12-17)25-8-10-31-11-9-25/h2-7,12,18,24H,8-11,13-14H2,1H3/t18-/m0/s1. The molecule has 0 unspecified atom stereocenters. The van der Waals surface area contributed by atoms with Gasteiger partial charge < -0.3 is 14.4 Å². The highest BCUT2D eigenvalue weighted by Gasteiger charge is 2.34. The molecule has 0 bridgehead atoms. The van der Waals surface area contributed by atoms with Crippen LogP contribution in [0.15, 0.2) is 47.4 Å². The number of hydrogen-bond donors (Lipinski definition) is 1. The Labute approximate surface area is 191 Å². The summed E-state index contributed by atoms with van der Waals surface area (Å²) in [5, 5.41) is 0. The molecule has 33 heavy (non-hydrogen) atoms. The van der Waals surface area contributed by atoms with Gasteiger partial charge in [0, 0.05) is 25.2 Å². The van der Waals surface area contributed by atoms with Gasteiger partial charge in [-0.2, -0.15) is 0 Å². The van der Waals surface area contributed by atoms with Crippen LogP contribution in [-0.2, 0) is 19.5 Å². The van der Waals surface area contributed by atoms with Crippen LogP contribution >= 0.6 is 0 Å². The number of rotatable bonds is 7. The van der Waals surface area contributed by atoms with Gasteiger partial charge in [-0.1, -0.05) is 12.1 Å². The number of carbonyl (C=O) groups is 2. The van der Waals surface area contributed by atoms with Gasteiger partial charge >= 0.3 is 6.09 Å². The molecule has 1 N–H and O–H groups in total. The Kier molecular flexibility index (Phi) is 6.63. The molecule has 0 aliphatic carbocycles. The SMILES string of the molecule is CC(=O)c1ccc(S(=O)(=O)NC[C@H]2CN(c3ccc(N4CCOCC4)c(F)c3)C(=O)O2)cc1. The van der Waals surface area contributed by atoms with Gasteiger partial charge in [-0.05, 0) is 37.3 Å². The summed E-state index contributed by atoms with van der Waals surface area (Å²) in [7, 11) is -3.86. The highest BCUT2D eigenvalue weighted by Crippen LogP contribution is 2.28. The number of anilines is 2. The van der Waals surface area contributed by atoms with Crippen molar-refractivity contribution in [3.63, 3.8) is 0 Å². The third-order valence-electron chi connectivity index (χ3n) is 5.54. The smallest absolute Gasteiger partial charge is 0.414 e. The van der Waals surface area contributed by atoms with Crippen LogP contribution in [0.5, 0.6) is 0 Å². The van der Waals surface area contributed by atoms with Crippen molar-refractivity contribution in [2.24, 2.45) is 0 Å². The molecule has 2 heterocycles. The summed E-state index contributed by atoms with van der Waals surface area (Å²) < 4.78 is 52.7. The van der Waals surface area contributed by atoms with Gasteiger partial charge in [0.05, 0.1) is 36.0 Å². The number of morpholine rings is 1. The number of amides is 1. The van der Waals surface area contributed by atoms with Gasteiger partial charge in [0.25, 0.3) is 0 Å². The Balaban J connectivity index is 1.39. The molecule has 1 amide bonds. The quantitative estimate of drug-likeness (QED) is 0.610. The Hall–Kier alpha value is -3.02. The maximum Gasteiger partial charge on any atom is 0.414 e. The summed E-state index contributed by atoms with van der Waals surface area (Å²) >= 11 is 0.